The SMILES string of the molecule is CCCC(CC)/C(COc1ccc2ccccc2c1)=N\c1ccccc1C. The molecule has 0 aliphatic carbocycles. The second-order valence-corrected chi connectivity index (χ2v) is 7.08. The summed E-state index contributed by atoms with van der Waals surface area (Å²) in [6.07, 6.45) is 3.38. The van der Waals surface area contributed by atoms with Gasteiger partial charge >= 0.3 is 0 Å². The van der Waals surface area contributed by atoms with Crippen LogP contribution in [-0.4, -0.2) is 12.3 Å². The Labute approximate surface area is 162 Å². The first-order valence-electron chi connectivity index (χ1n) is 9.96. The number of nitrogens with zero attached hydrogens (tertiary/aromatic N) is 1. The normalized spacial score (nSPS) is 12.9. The number of aryl methyl sites for hydroxylation is 1. The van der Waals surface area contributed by atoms with E-state index in [2.05, 4.69) is 87.5 Å². The second-order valence-electron chi connectivity index (χ2n) is 7.08. The predicted molar refractivity (Wildman–Crippen MR) is 116 cm³/mol. The summed E-state index contributed by atoms with van der Waals surface area (Å²) in [6, 6.07) is 23.0. The Morgan fingerprint density at radius 1 is 0.926 bits per heavy atom. The van der Waals surface area contributed by atoms with Gasteiger partial charge in [-0.05, 0) is 54.3 Å². The fraction of sp³-hybridized carbons (Fsp3) is 0.320. The van der Waals surface area contributed by atoms with Crippen molar-refractivity contribution in [1.29, 1.82) is 0 Å². The number of aliphatic imine (C=N–C) groups is 1. The number of rotatable bonds is 8. The molecule has 0 heterocycles. The Morgan fingerprint density at radius 2 is 1.67 bits per heavy atom. The molecule has 0 bridgehead atoms. The number of para-hydroxylation sites is 1. The van der Waals surface area contributed by atoms with Gasteiger partial charge in [0.1, 0.15) is 12.4 Å². The number of hydrogen-bond acceptors (Lipinski definition) is 2. The van der Waals surface area contributed by atoms with Gasteiger partial charge in [-0.15, -0.1) is 0 Å². The summed E-state index contributed by atoms with van der Waals surface area (Å²) >= 11 is 0. The van der Waals surface area contributed by atoms with Crippen LogP contribution in [0.2, 0.25) is 0 Å². The van der Waals surface area contributed by atoms with E-state index in [9.17, 15) is 0 Å². The maximum absolute atomic E-state index is 6.19. The summed E-state index contributed by atoms with van der Waals surface area (Å²) < 4.78 is 6.19. The fourth-order valence-corrected chi connectivity index (χ4v) is 3.45. The standard InChI is InChI=1S/C25H29NO/c1-4-10-20(5-2)25(26-24-14-9-6-11-19(24)3)18-27-23-16-15-21-12-7-8-13-22(21)17-23/h6-9,11-17,20H,4-5,10,18H2,1-3H3/b26-25-. The van der Waals surface area contributed by atoms with E-state index in [4.69, 9.17) is 9.73 Å². The molecule has 3 aromatic carbocycles. The predicted octanol–water partition coefficient (Wildman–Crippen LogP) is 7.13. The summed E-state index contributed by atoms with van der Waals surface area (Å²) in [5, 5.41) is 2.43. The van der Waals surface area contributed by atoms with E-state index >= 15 is 0 Å². The quantitative estimate of drug-likeness (QED) is 0.392. The molecule has 0 N–H and O–H groups in total. The molecular weight excluding hydrogens is 330 g/mol. The molecule has 0 saturated carbocycles. The van der Waals surface area contributed by atoms with Crippen molar-refractivity contribution in [2.75, 3.05) is 6.61 Å². The van der Waals surface area contributed by atoms with Crippen molar-refractivity contribution >= 4 is 22.2 Å². The third-order valence-electron chi connectivity index (χ3n) is 5.09. The average molecular weight is 360 g/mol. The molecule has 0 aliphatic heterocycles. The first kappa shape index (κ1) is 19.2. The van der Waals surface area contributed by atoms with Gasteiger partial charge < -0.3 is 4.74 Å². The van der Waals surface area contributed by atoms with E-state index in [0.717, 1.165) is 36.4 Å². The Hall–Kier alpha value is -2.61. The van der Waals surface area contributed by atoms with Crippen LogP contribution in [-0.2, 0) is 0 Å². The lowest BCUT2D eigenvalue weighted by atomic mass is 9.95. The monoisotopic (exact) mass is 359 g/mol. The summed E-state index contributed by atoms with van der Waals surface area (Å²) in [6.45, 7) is 7.12. The first-order chi connectivity index (χ1) is 13.2. The smallest absolute Gasteiger partial charge is 0.127 e. The Kier molecular flexibility index (Phi) is 6.64. The largest absolute Gasteiger partial charge is 0.488 e. The second kappa shape index (κ2) is 9.36. The highest BCUT2D eigenvalue weighted by Gasteiger charge is 2.15. The molecule has 1 unspecified atom stereocenters. The highest BCUT2D eigenvalue weighted by Crippen LogP contribution is 2.24. The summed E-state index contributed by atoms with van der Waals surface area (Å²) in [5.74, 6) is 1.35. The highest BCUT2D eigenvalue weighted by molar-refractivity contribution is 5.91. The van der Waals surface area contributed by atoms with Gasteiger partial charge in [-0.1, -0.05) is 68.8 Å². The van der Waals surface area contributed by atoms with E-state index in [1.165, 1.54) is 16.3 Å². The van der Waals surface area contributed by atoms with Gasteiger partial charge in [0.15, 0.2) is 0 Å². The third-order valence-corrected chi connectivity index (χ3v) is 5.09. The van der Waals surface area contributed by atoms with E-state index in [1.54, 1.807) is 0 Å². The van der Waals surface area contributed by atoms with E-state index in [1.807, 2.05) is 0 Å². The van der Waals surface area contributed by atoms with Crippen LogP contribution < -0.4 is 4.74 Å². The molecule has 0 aromatic heterocycles. The van der Waals surface area contributed by atoms with E-state index in [-0.39, 0.29) is 0 Å². The molecule has 1 atom stereocenters. The third kappa shape index (κ3) is 4.97. The van der Waals surface area contributed by atoms with Crippen LogP contribution in [0.15, 0.2) is 71.7 Å². The van der Waals surface area contributed by atoms with Gasteiger partial charge in [0, 0.05) is 5.92 Å². The van der Waals surface area contributed by atoms with Crippen LogP contribution in [0, 0.1) is 12.8 Å². The zero-order chi connectivity index (χ0) is 19.1. The number of benzene rings is 3. The van der Waals surface area contributed by atoms with Crippen molar-refractivity contribution in [1.82, 2.24) is 0 Å². The zero-order valence-electron chi connectivity index (χ0n) is 16.6. The van der Waals surface area contributed by atoms with E-state index < -0.39 is 0 Å². The van der Waals surface area contributed by atoms with Crippen molar-refractivity contribution in [2.24, 2.45) is 10.9 Å². The molecule has 0 spiro atoms. The lowest BCUT2D eigenvalue weighted by Crippen LogP contribution is -2.21. The van der Waals surface area contributed by atoms with Crippen LogP contribution in [0.25, 0.3) is 10.8 Å². The number of hydrogen-bond donors (Lipinski definition) is 0. The molecule has 27 heavy (non-hydrogen) atoms. The summed E-state index contributed by atoms with van der Waals surface area (Å²) in [4.78, 5) is 5.02. The molecule has 2 nitrogen and oxygen atoms in total. The van der Waals surface area contributed by atoms with Crippen molar-refractivity contribution in [3.05, 3.63) is 72.3 Å². The van der Waals surface area contributed by atoms with Crippen molar-refractivity contribution in [2.45, 2.75) is 40.0 Å². The molecule has 3 aromatic rings. The minimum atomic E-state index is 0.454. The van der Waals surface area contributed by atoms with E-state index in [0.29, 0.717) is 12.5 Å². The van der Waals surface area contributed by atoms with Gasteiger partial charge in [-0.25, -0.2) is 0 Å². The topological polar surface area (TPSA) is 21.6 Å². The lowest BCUT2D eigenvalue weighted by Gasteiger charge is -2.18. The fourth-order valence-electron chi connectivity index (χ4n) is 3.45. The van der Waals surface area contributed by atoms with Crippen LogP contribution in [0.4, 0.5) is 5.69 Å². The minimum Gasteiger partial charge on any atom is -0.488 e. The van der Waals surface area contributed by atoms with Gasteiger partial charge in [-0.2, -0.15) is 0 Å². The molecule has 0 saturated heterocycles. The summed E-state index contributed by atoms with van der Waals surface area (Å²) in [5.41, 5.74) is 3.39. The highest BCUT2D eigenvalue weighted by atomic mass is 16.5. The van der Waals surface area contributed by atoms with Crippen molar-refractivity contribution in [3.8, 4) is 5.75 Å². The molecule has 0 aliphatic rings. The van der Waals surface area contributed by atoms with Crippen molar-refractivity contribution < 1.29 is 4.74 Å². The first-order valence-corrected chi connectivity index (χ1v) is 9.96. The Balaban J connectivity index is 1.84. The maximum atomic E-state index is 6.19. The molecule has 2 heteroatoms. The van der Waals surface area contributed by atoms with Gasteiger partial charge in [-0.3, -0.25) is 4.99 Å². The van der Waals surface area contributed by atoms with Gasteiger partial charge in [0.05, 0.1) is 11.4 Å². The minimum absolute atomic E-state index is 0.454. The van der Waals surface area contributed by atoms with Crippen LogP contribution in [0.5, 0.6) is 5.75 Å². The lowest BCUT2D eigenvalue weighted by molar-refractivity contribution is 0.366. The number of ether oxygens (including phenoxy) is 1. The Morgan fingerprint density at radius 3 is 2.41 bits per heavy atom. The maximum Gasteiger partial charge on any atom is 0.127 e. The molecule has 140 valence electrons. The molecule has 0 fully saturated rings. The van der Waals surface area contributed by atoms with Crippen LogP contribution in [0.3, 0.4) is 0 Å². The van der Waals surface area contributed by atoms with Crippen LogP contribution in [0.1, 0.15) is 38.7 Å². The van der Waals surface area contributed by atoms with Crippen molar-refractivity contribution in [3.63, 3.8) is 0 Å². The molecule has 3 rings (SSSR count). The average Bonchev–Trinajstić information content (AvgIpc) is 2.70. The van der Waals surface area contributed by atoms with Gasteiger partial charge in [0.25, 0.3) is 0 Å². The number of fused-ring (bicyclic) bond motifs is 1. The molecule has 0 radical (unpaired) electrons. The molecular formula is C25H29NO. The Bertz CT molecular complexity index is 913. The van der Waals surface area contributed by atoms with Crippen LogP contribution >= 0.6 is 0 Å². The molecule has 0 amide bonds. The van der Waals surface area contributed by atoms with Gasteiger partial charge in [0.2, 0.25) is 0 Å². The summed E-state index contributed by atoms with van der Waals surface area (Å²) in [7, 11) is 0. The zero-order valence-corrected chi connectivity index (χ0v) is 16.6.